The standard InChI is InChI=1S/C13H24N2O3/c1-9(2)11(13(17)18)15(4)12(16)10-7-5-6-8-14(10)3/h9-11H,5-8H2,1-4H3,(H,17,18). The Morgan fingerprint density at radius 2 is 1.94 bits per heavy atom. The zero-order chi connectivity index (χ0) is 13.9. The van der Waals surface area contributed by atoms with Crippen LogP contribution in [0.4, 0.5) is 0 Å². The Hall–Kier alpha value is -1.10. The smallest absolute Gasteiger partial charge is 0.326 e. The number of carboxylic acid groups (broad SMARTS) is 1. The second-order valence-electron chi connectivity index (χ2n) is 5.47. The van der Waals surface area contributed by atoms with Gasteiger partial charge in [0.1, 0.15) is 6.04 Å². The molecule has 1 amide bonds. The molecule has 0 aromatic heterocycles. The summed E-state index contributed by atoms with van der Waals surface area (Å²) < 4.78 is 0. The molecular weight excluding hydrogens is 232 g/mol. The van der Waals surface area contributed by atoms with Crippen molar-refractivity contribution in [2.45, 2.75) is 45.2 Å². The maximum absolute atomic E-state index is 12.4. The van der Waals surface area contributed by atoms with E-state index in [0.29, 0.717) is 0 Å². The van der Waals surface area contributed by atoms with Gasteiger partial charge in [0.05, 0.1) is 6.04 Å². The first-order valence-corrected chi connectivity index (χ1v) is 6.56. The molecule has 0 aromatic rings. The third-order valence-electron chi connectivity index (χ3n) is 3.70. The van der Waals surface area contributed by atoms with Crippen molar-refractivity contribution in [3.8, 4) is 0 Å². The topological polar surface area (TPSA) is 60.9 Å². The minimum Gasteiger partial charge on any atom is -0.480 e. The van der Waals surface area contributed by atoms with E-state index in [4.69, 9.17) is 0 Å². The van der Waals surface area contributed by atoms with Crippen molar-refractivity contribution < 1.29 is 14.7 Å². The van der Waals surface area contributed by atoms with E-state index in [9.17, 15) is 14.7 Å². The average molecular weight is 256 g/mol. The van der Waals surface area contributed by atoms with Gasteiger partial charge in [-0.1, -0.05) is 20.3 Å². The summed E-state index contributed by atoms with van der Waals surface area (Å²) in [5.74, 6) is -1.09. The Morgan fingerprint density at radius 1 is 1.33 bits per heavy atom. The molecule has 1 heterocycles. The summed E-state index contributed by atoms with van der Waals surface area (Å²) in [6.07, 6.45) is 2.97. The highest BCUT2D eigenvalue weighted by Gasteiger charge is 2.35. The minimum atomic E-state index is -0.931. The third-order valence-corrected chi connectivity index (χ3v) is 3.70. The van der Waals surface area contributed by atoms with Gasteiger partial charge in [-0.05, 0) is 32.4 Å². The number of likely N-dealkylation sites (N-methyl/N-ethyl adjacent to an activating group) is 2. The molecule has 2 unspecified atom stereocenters. The van der Waals surface area contributed by atoms with Gasteiger partial charge in [-0.3, -0.25) is 9.69 Å². The van der Waals surface area contributed by atoms with Crippen molar-refractivity contribution in [2.75, 3.05) is 20.6 Å². The summed E-state index contributed by atoms with van der Waals surface area (Å²) in [5, 5.41) is 9.22. The van der Waals surface area contributed by atoms with Crippen LogP contribution < -0.4 is 0 Å². The van der Waals surface area contributed by atoms with Gasteiger partial charge in [0.25, 0.3) is 0 Å². The molecule has 1 fully saturated rings. The van der Waals surface area contributed by atoms with Crippen molar-refractivity contribution in [3.63, 3.8) is 0 Å². The van der Waals surface area contributed by atoms with Crippen LogP contribution in [0.2, 0.25) is 0 Å². The van der Waals surface area contributed by atoms with E-state index in [1.54, 1.807) is 7.05 Å². The molecule has 1 N–H and O–H groups in total. The van der Waals surface area contributed by atoms with Gasteiger partial charge in [-0.2, -0.15) is 0 Å². The van der Waals surface area contributed by atoms with Crippen LogP contribution in [-0.2, 0) is 9.59 Å². The molecule has 0 bridgehead atoms. The van der Waals surface area contributed by atoms with Crippen LogP contribution in [0.15, 0.2) is 0 Å². The fraction of sp³-hybridized carbons (Fsp3) is 0.846. The predicted molar refractivity (Wildman–Crippen MR) is 69.3 cm³/mol. The molecule has 2 atom stereocenters. The molecular formula is C13H24N2O3. The average Bonchev–Trinajstić information content (AvgIpc) is 2.27. The Bertz CT molecular complexity index is 317. The van der Waals surface area contributed by atoms with E-state index in [2.05, 4.69) is 0 Å². The van der Waals surface area contributed by atoms with E-state index >= 15 is 0 Å². The van der Waals surface area contributed by atoms with Crippen molar-refractivity contribution >= 4 is 11.9 Å². The van der Waals surface area contributed by atoms with Gasteiger partial charge in [-0.15, -0.1) is 0 Å². The maximum atomic E-state index is 12.4. The van der Waals surface area contributed by atoms with E-state index < -0.39 is 12.0 Å². The van der Waals surface area contributed by atoms with Crippen LogP contribution in [-0.4, -0.2) is 59.5 Å². The number of rotatable bonds is 4. The Morgan fingerprint density at radius 3 is 2.39 bits per heavy atom. The number of amides is 1. The van der Waals surface area contributed by atoms with Gasteiger partial charge < -0.3 is 10.0 Å². The quantitative estimate of drug-likeness (QED) is 0.816. The molecule has 18 heavy (non-hydrogen) atoms. The van der Waals surface area contributed by atoms with Crippen molar-refractivity contribution in [1.29, 1.82) is 0 Å². The monoisotopic (exact) mass is 256 g/mol. The largest absolute Gasteiger partial charge is 0.480 e. The van der Waals surface area contributed by atoms with Gasteiger partial charge in [0.15, 0.2) is 0 Å². The third kappa shape index (κ3) is 3.22. The Labute approximate surface area is 109 Å². The Kier molecular flexibility index (Phi) is 5.14. The van der Waals surface area contributed by atoms with Gasteiger partial charge in [0.2, 0.25) is 5.91 Å². The number of aliphatic carboxylic acids is 1. The van der Waals surface area contributed by atoms with Crippen LogP contribution in [0.1, 0.15) is 33.1 Å². The summed E-state index contributed by atoms with van der Waals surface area (Å²) in [5.41, 5.74) is 0. The number of carbonyl (C=O) groups excluding carboxylic acids is 1. The molecule has 5 heteroatoms. The van der Waals surface area contributed by atoms with Crippen LogP contribution in [0.5, 0.6) is 0 Å². The number of hydrogen-bond donors (Lipinski definition) is 1. The molecule has 0 spiro atoms. The number of carboxylic acids is 1. The fourth-order valence-corrected chi connectivity index (χ4v) is 2.66. The molecule has 0 aliphatic carbocycles. The fourth-order valence-electron chi connectivity index (χ4n) is 2.66. The molecule has 0 radical (unpaired) electrons. The highest BCUT2D eigenvalue weighted by atomic mass is 16.4. The van der Waals surface area contributed by atoms with Crippen LogP contribution >= 0.6 is 0 Å². The first-order valence-electron chi connectivity index (χ1n) is 6.56. The lowest BCUT2D eigenvalue weighted by molar-refractivity contribution is -0.153. The lowest BCUT2D eigenvalue weighted by Crippen LogP contribution is -2.54. The zero-order valence-electron chi connectivity index (χ0n) is 11.7. The molecule has 104 valence electrons. The second kappa shape index (κ2) is 6.18. The van der Waals surface area contributed by atoms with Gasteiger partial charge >= 0.3 is 5.97 Å². The van der Waals surface area contributed by atoms with Crippen molar-refractivity contribution in [2.24, 2.45) is 5.92 Å². The SMILES string of the molecule is CC(C)C(C(=O)O)N(C)C(=O)C1CCCCN1C. The van der Waals surface area contributed by atoms with Gasteiger partial charge in [-0.25, -0.2) is 4.79 Å². The predicted octanol–water partition coefficient (Wildman–Crippen LogP) is 1.04. The summed E-state index contributed by atoms with van der Waals surface area (Å²) >= 11 is 0. The number of piperidine rings is 1. The second-order valence-corrected chi connectivity index (χ2v) is 5.47. The number of likely N-dealkylation sites (tertiary alicyclic amines) is 1. The Balaban J connectivity index is 2.78. The number of nitrogens with zero attached hydrogens (tertiary/aromatic N) is 2. The van der Waals surface area contributed by atoms with Crippen molar-refractivity contribution in [3.05, 3.63) is 0 Å². The molecule has 1 aliphatic heterocycles. The van der Waals surface area contributed by atoms with E-state index in [1.165, 1.54) is 4.90 Å². The lowest BCUT2D eigenvalue weighted by Gasteiger charge is -2.36. The molecule has 0 saturated carbocycles. The van der Waals surface area contributed by atoms with Crippen LogP contribution in [0.3, 0.4) is 0 Å². The normalized spacial score (nSPS) is 22.8. The zero-order valence-corrected chi connectivity index (χ0v) is 11.7. The summed E-state index contributed by atoms with van der Waals surface area (Å²) in [7, 11) is 3.53. The number of carbonyl (C=O) groups is 2. The first-order chi connectivity index (χ1) is 8.36. The summed E-state index contributed by atoms with van der Waals surface area (Å²) in [6, 6.07) is -0.905. The first kappa shape index (κ1) is 15.0. The summed E-state index contributed by atoms with van der Waals surface area (Å²) in [6.45, 7) is 4.56. The molecule has 5 nitrogen and oxygen atoms in total. The van der Waals surface area contributed by atoms with E-state index in [0.717, 1.165) is 25.8 Å². The van der Waals surface area contributed by atoms with Gasteiger partial charge in [0, 0.05) is 7.05 Å². The molecule has 1 rings (SSSR count). The van der Waals surface area contributed by atoms with Crippen LogP contribution in [0, 0.1) is 5.92 Å². The number of hydrogen-bond acceptors (Lipinski definition) is 3. The molecule has 1 aliphatic rings. The highest BCUT2D eigenvalue weighted by Crippen LogP contribution is 2.19. The minimum absolute atomic E-state index is 0.0710. The van der Waals surface area contributed by atoms with Crippen molar-refractivity contribution in [1.82, 2.24) is 9.80 Å². The lowest BCUT2D eigenvalue weighted by atomic mass is 9.98. The molecule has 0 aromatic carbocycles. The summed E-state index contributed by atoms with van der Waals surface area (Å²) in [4.78, 5) is 27.1. The maximum Gasteiger partial charge on any atom is 0.326 e. The van der Waals surface area contributed by atoms with Crippen LogP contribution in [0.25, 0.3) is 0 Å². The van der Waals surface area contributed by atoms with E-state index in [1.807, 2.05) is 25.8 Å². The molecule has 1 saturated heterocycles. The van der Waals surface area contributed by atoms with E-state index in [-0.39, 0.29) is 17.9 Å². The highest BCUT2D eigenvalue weighted by molar-refractivity contribution is 5.87.